The van der Waals surface area contributed by atoms with E-state index in [1.807, 2.05) is 32.0 Å². The predicted molar refractivity (Wildman–Crippen MR) is 69.0 cm³/mol. The van der Waals surface area contributed by atoms with Crippen LogP contribution in [0.15, 0.2) is 18.2 Å². The zero-order valence-corrected chi connectivity index (χ0v) is 10.5. The molecular formula is C13H22N2O2. The van der Waals surface area contributed by atoms with Crippen LogP contribution in [0, 0.1) is 6.92 Å². The first-order valence-corrected chi connectivity index (χ1v) is 5.97. The van der Waals surface area contributed by atoms with E-state index in [0.717, 1.165) is 16.9 Å². The van der Waals surface area contributed by atoms with Gasteiger partial charge in [-0.15, -0.1) is 0 Å². The summed E-state index contributed by atoms with van der Waals surface area (Å²) < 4.78 is 5.40. The maximum absolute atomic E-state index is 10.1. The Balaban J connectivity index is 2.83. The van der Waals surface area contributed by atoms with E-state index in [0.29, 0.717) is 19.6 Å². The van der Waals surface area contributed by atoms with Gasteiger partial charge < -0.3 is 21.3 Å². The Kier molecular flexibility index (Phi) is 5.41. The fraction of sp³-hybridized carbons (Fsp3) is 0.538. The molecule has 1 rings (SSSR count). The number of nitrogens with two attached hydrogens (primary N) is 2. The summed E-state index contributed by atoms with van der Waals surface area (Å²) >= 11 is 0. The standard InChI is InChI=1S/C13H22N2O2/c1-3-17-10-4-5-11(9(2)8-10)13(16)12(15)6-7-14/h4-5,8,12-13,16H,3,6-7,14-15H2,1-2H3. The summed E-state index contributed by atoms with van der Waals surface area (Å²) in [4.78, 5) is 0. The van der Waals surface area contributed by atoms with Gasteiger partial charge in [0.25, 0.3) is 0 Å². The molecule has 4 heteroatoms. The molecule has 96 valence electrons. The molecule has 0 radical (unpaired) electrons. The minimum absolute atomic E-state index is 0.323. The largest absolute Gasteiger partial charge is 0.494 e. The Morgan fingerprint density at radius 3 is 2.65 bits per heavy atom. The second-order valence-electron chi connectivity index (χ2n) is 4.14. The molecule has 0 bridgehead atoms. The summed E-state index contributed by atoms with van der Waals surface area (Å²) in [5.41, 5.74) is 13.1. The molecule has 0 aromatic heterocycles. The van der Waals surface area contributed by atoms with Crippen LogP contribution < -0.4 is 16.2 Å². The van der Waals surface area contributed by atoms with Gasteiger partial charge in [-0.3, -0.25) is 0 Å². The van der Waals surface area contributed by atoms with Gasteiger partial charge in [0.05, 0.1) is 12.7 Å². The van der Waals surface area contributed by atoms with Crippen molar-refractivity contribution in [3.05, 3.63) is 29.3 Å². The lowest BCUT2D eigenvalue weighted by Gasteiger charge is -2.20. The average molecular weight is 238 g/mol. The highest BCUT2D eigenvalue weighted by Gasteiger charge is 2.18. The second kappa shape index (κ2) is 6.59. The van der Waals surface area contributed by atoms with Gasteiger partial charge in [-0.25, -0.2) is 0 Å². The minimum atomic E-state index is -0.672. The highest BCUT2D eigenvalue weighted by Crippen LogP contribution is 2.25. The van der Waals surface area contributed by atoms with Gasteiger partial charge >= 0.3 is 0 Å². The molecule has 1 aromatic carbocycles. The van der Waals surface area contributed by atoms with E-state index in [4.69, 9.17) is 16.2 Å². The van der Waals surface area contributed by atoms with Gasteiger partial charge in [-0.05, 0) is 50.1 Å². The maximum atomic E-state index is 10.1. The third kappa shape index (κ3) is 3.70. The SMILES string of the molecule is CCOc1ccc(C(O)C(N)CCN)c(C)c1. The summed E-state index contributed by atoms with van der Waals surface area (Å²) in [5.74, 6) is 0.813. The van der Waals surface area contributed by atoms with Crippen LogP contribution in [0.4, 0.5) is 0 Å². The average Bonchev–Trinajstić information content (AvgIpc) is 2.29. The summed E-state index contributed by atoms with van der Waals surface area (Å²) in [6, 6.07) is 5.31. The van der Waals surface area contributed by atoms with Crippen LogP contribution in [0.25, 0.3) is 0 Å². The van der Waals surface area contributed by atoms with Gasteiger partial charge in [0.2, 0.25) is 0 Å². The van der Waals surface area contributed by atoms with Crippen LogP contribution in [0.2, 0.25) is 0 Å². The summed E-state index contributed by atoms with van der Waals surface area (Å²) in [6.45, 7) is 4.99. The van der Waals surface area contributed by atoms with Crippen LogP contribution in [-0.4, -0.2) is 24.3 Å². The van der Waals surface area contributed by atoms with Crippen molar-refractivity contribution in [2.75, 3.05) is 13.2 Å². The Morgan fingerprint density at radius 2 is 2.12 bits per heavy atom. The van der Waals surface area contributed by atoms with Gasteiger partial charge in [-0.1, -0.05) is 6.07 Å². The molecular weight excluding hydrogens is 216 g/mol. The number of aliphatic hydroxyl groups excluding tert-OH is 1. The number of aryl methyl sites for hydroxylation is 1. The van der Waals surface area contributed by atoms with E-state index >= 15 is 0 Å². The van der Waals surface area contributed by atoms with E-state index < -0.39 is 6.10 Å². The highest BCUT2D eigenvalue weighted by atomic mass is 16.5. The van der Waals surface area contributed by atoms with Crippen LogP contribution in [0.1, 0.15) is 30.6 Å². The monoisotopic (exact) mass is 238 g/mol. The van der Waals surface area contributed by atoms with Crippen LogP contribution in [0.5, 0.6) is 5.75 Å². The number of hydrogen-bond donors (Lipinski definition) is 3. The van der Waals surface area contributed by atoms with Crippen molar-refractivity contribution in [2.45, 2.75) is 32.4 Å². The number of rotatable bonds is 6. The Morgan fingerprint density at radius 1 is 1.41 bits per heavy atom. The van der Waals surface area contributed by atoms with Crippen molar-refractivity contribution >= 4 is 0 Å². The first kappa shape index (κ1) is 14.0. The van der Waals surface area contributed by atoms with Crippen molar-refractivity contribution in [2.24, 2.45) is 11.5 Å². The molecule has 0 aliphatic carbocycles. The third-order valence-corrected chi connectivity index (χ3v) is 2.78. The normalized spacial score (nSPS) is 14.4. The van der Waals surface area contributed by atoms with Crippen LogP contribution >= 0.6 is 0 Å². The van der Waals surface area contributed by atoms with Gasteiger partial charge in [0, 0.05) is 6.04 Å². The van der Waals surface area contributed by atoms with Gasteiger partial charge in [0.1, 0.15) is 5.75 Å². The summed E-state index contributed by atoms with van der Waals surface area (Å²) in [5, 5.41) is 10.1. The second-order valence-corrected chi connectivity index (χ2v) is 4.14. The fourth-order valence-electron chi connectivity index (χ4n) is 1.82. The molecule has 4 nitrogen and oxygen atoms in total. The van der Waals surface area contributed by atoms with Crippen molar-refractivity contribution in [3.63, 3.8) is 0 Å². The van der Waals surface area contributed by atoms with Crippen LogP contribution in [-0.2, 0) is 0 Å². The number of ether oxygens (including phenoxy) is 1. The summed E-state index contributed by atoms with van der Waals surface area (Å²) in [6.07, 6.45) is -0.0670. The predicted octanol–water partition coefficient (Wildman–Crippen LogP) is 1.10. The van der Waals surface area contributed by atoms with Crippen molar-refractivity contribution in [1.29, 1.82) is 0 Å². The van der Waals surface area contributed by atoms with Crippen LogP contribution in [0.3, 0.4) is 0 Å². The van der Waals surface area contributed by atoms with E-state index in [1.54, 1.807) is 0 Å². The topological polar surface area (TPSA) is 81.5 Å². The molecule has 0 aliphatic rings. The molecule has 0 aliphatic heterocycles. The van der Waals surface area contributed by atoms with E-state index in [-0.39, 0.29) is 6.04 Å². The van der Waals surface area contributed by atoms with E-state index in [9.17, 15) is 5.11 Å². The number of benzene rings is 1. The van der Waals surface area contributed by atoms with E-state index in [1.165, 1.54) is 0 Å². The molecule has 0 saturated heterocycles. The quantitative estimate of drug-likeness (QED) is 0.693. The molecule has 0 saturated carbocycles. The molecule has 1 aromatic rings. The number of hydrogen-bond acceptors (Lipinski definition) is 4. The lowest BCUT2D eigenvalue weighted by molar-refractivity contribution is 0.142. The Bertz CT molecular complexity index is 355. The van der Waals surface area contributed by atoms with Crippen molar-refractivity contribution in [3.8, 4) is 5.75 Å². The maximum Gasteiger partial charge on any atom is 0.119 e. The molecule has 5 N–H and O–H groups in total. The molecule has 2 unspecified atom stereocenters. The molecule has 0 amide bonds. The third-order valence-electron chi connectivity index (χ3n) is 2.78. The highest BCUT2D eigenvalue weighted by molar-refractivity contribution is 5.36. The van der Waals surface area contributed by atoms with Crippen molar-refractivity contribution in [1.82, 2.24) is 0 Å². The lowest BCUT2D eigenvalue weighted by Crippen LogP contribution is -2.31. The fourth-order valence-corrected chi connectivity index (χ4v) is 1.82. The van der Waals surface area contributed by atoms with E-state index in [2.05, 4.69) is 0 Å². The lowest BCUT2D eigenvalue weighted by atomic mass is 9.96. The molecule has 0 fully saturated rings. The Labute approximate surface area is 103 Å². The first-order chi connectivity index (χ1) is 8.10. The minimum Gasteiger partial charge on any atom is -0.494 e. The molecule has 0 spiro atoms. The van der Waals surface area contributed by atoms with Gasteiger partial charge in [0.15, 0.2) is 0 Å². The summed E-state index contributed by atoms with van der Waals surface area (Å²) in [7, 11) is 0. The Hall–Kier alpha value is -1.10. The molecule has 17 heavy (non-hydrogen) atoms. The van der Waals surface area contributed by atoms with Gasteiger partial charge in [-0.2, -0.15) is 0 Å². The van der Waals surface area contributed by atoms with Crippen molar-refractivity contribution < 1.29 is 9.84 Å². The zero-order valence-electron chi connectivity index (χ0n) is 10.5. The smallest absolute Gasteiger partial charge is 0.119 e. The first-order valence-electron chi connectivity index (χ1n) is 5.97. The zero-order chi connectivity index (χ0) is 12.8. The molecule has 0 heterocycles. The molecule has 2 atom stereocenters. The number of aliphatic hydroxyl groups is 1.